The van der Waals surface area contributed by atoms with E-state index >= 15 is 0 Å². The fraction of sp³-hybridized carbons (Fsp3) is 0.545. The Bertz CT molecular complexity index is 378. The summed E-state index contributed by atoms with van der Waals surface area (Å²) in [6, 6.07) is 3.24. The molecule has 0 amide bonds. The number of likely N-dealkylation sites (N-methyl/N-ethyl adjacent to an activating group) is 1. The molecule has 0 fully saturated rings. The van der Waals surface area contributed by atoms with Crippen molar-refractivity contribution in [3.05, 3.63) is 17.8 Å². The second-order valence-electron chi connectivity index (χ2n) is 3.55. The summed E-state index contributed by atoms with van der Waals surface area (Å²) in [6.45, 7) is 0.499. The minimum absolute atomic E-state index is 0.171. The van der Waals surface area contributed by atoms with E-state index in [1.54, 1.807) is 26.4 Å². The summed E-state index contributed by atoms with van der Waals surface area (Å²) in [6.07, 6.45) is -0.350. The Morgan fingerprint density at radius 2 is 1.94 bits per heavy atom. The zero-order valence-corrected chi connectivity index (χ0v) is 10.9. The van der Waals surface area contributed by atoms with E-state index in [1.165, 1.54) is 7.11 Å². The first-order chi connectivity index (χ1) is 8.62. The number of hydrogen-bond donors (Lipinski definition) is 0. The molecule has 0 atom stereocenters. The Kier molecular flexibility index (Phi) is 5.47. The molecule has 0 spiro atoms. The number of methoxy groups -OCH3 is 3. The van der Waals surface area contributed by atoms with Crippen LogP contribution in [-0.2, 0) is 14.2 Å². The number of rotatable bonds is 6. The Hall–Kier alpha value is -1.73. The van der Waals surface area contributed by atoms with Crippen LogP contribution in [0.25, 0.3) is 0 Å². The van der Waals surface area contributed by atoms with Crippen molar-refractivity contribution in [2.45, 2.75) is 6.29 Å². The molecule has 0 aromatic carbocycles. The van der Waals surface area contributed by atoms with Crippen LogP contribution >= 0.6 is 0 Å². The summed E-state index contributed by atoms with van der Waals surface area (Å²) in [5.74, 6) is 0.102. The molecule has 1 aromatic rings. The molecular formula is C11H17N3O4. The molecule has 0 aliphatic carbocycles. The molecule has 1 aromatic heterocycles. The highest BCUT2D eigenvalue weighted by Crippen LogP contribution is 2.09. The number of carbonyl (C=O) groups excluding carboxylic acids is 1. The standard InChI is InChI=1S/C11H17N3O4/c1-14(7-10(16-2)17-3)9-6-5-8(12-13-9)11(15)18-4/h5-6,10H,7H2,1-4H3. The van der Waals surface area contributed by atoms with Crippen molar-refractivity contribution in [2.75, 3.05) is 39.8 Å². The van der Waals surface area contributed by atoms with Gasteiger partial charge >= 0.3 is 5.97 Å². The lowest BCUT2D eigenvalue weighted by Gasteiger charge is -2.22. The Balaban J connectivity index is 2.69. The molecule has 0 aliphatic rings. The van der Waals surface area contributed by atoms with Crippen LogP contribution in [0.2, 0.25) is 0 Å². The molecule has 0 unspecified atom stereocenters. The number of ether oxygens (including phenoxy) is 3. The van der Waals surface area contributed by atoms with Gasteiger partial charge in [-0.05, 0) is 12.1 Å². The Morgan fingerprint density at radius 1 is 1.28 bits per heavy atom. The highest BCUT2D eigenvalue weighted by atomic mass is 16.7. The average molecular weight is 255 g/mol. The zero-order chi connectivity index (χ0) is 13.5. The molecule has 7 heteroatoms. The molecular weight excluding hydrogens is 238 g/mol. The minimum atomic E-state index is -0.511. The zero-order valence-electron chi connectivity index (χ0n) is 10.9. The first-order valence-electron chi connectivity index (χ1n) is 5.31. The van der Waals surface area contributed by atoms with Crippen LogP contribution in [0.3, 0.4) is 0 Å². The Morgan fingerprint density at radius 3 is 2.39 bits per heavy atom. The molecule has 0 saturated carbocycles. The summed E-state index contributed by atoms with van der Waals surface area (Å²) in [5, 5.41) is 7.71. The lowest BCUT2D eigenvalue weighted by Crippen LogP contribution is -2.32. The number of aromatic nitrogens is 2. The van der Waals surface area contributed by atoms with Gasteiger partial charge in [0, 0.05) is 21.3 Å². The van der Waals surface area contributed by atoms with Gasteiger partial charge in [0.15, 0.2) is 17.8 Å². The van der Waals surface area contributed by atoms with E-state index < -0.39 is 5.97 Å². The third-order valence-corrected chi connectivity index (χ3v) is 2.38. The monoisotopic (exact) mass is 255 g/mol. The maximum Gasteiger partial charge on any atom is 0.358 e. The predicted molar refractivity (Wildman–Crippen MR) is 64.4 cm³/mol. The fourth-order valence-corrected chi connectivity index (χ4v) is 1.30. The number of nitrogens with zero attached hydrogens (tertiary/aromatic N) is 3. The van der Waals surface area contributed by atoms with Crippen molar-refractivity contribution in [1.82, 2.24) is 10.2 Å². The van der Waals surface area contributed by atoms with E-state index in [-0.39, 0.29) is 12.0 Å². The summed E-state index contributed by atoms with van der Waals surface area (Å²) < 4.78 is 14.7. The molecule has 1 rings (SSSR count). The third kappa shape index (κ3) is 3.64. The second-order valence-corrected chi connectivity index (χ2v) is 3.55. The number of carbonyl (C=O) groups is 1. The first kappa shape index (κ1) is 14.3. The second kappa shape index (κ2) is 6.87. The van der Waals surface area contributed by atoms with Crippen LogP contribution in [0, 0.1) is 0 Å². The average Bonchev–Trinajstić information content (AvgIpc) is 2.43. The number of hydrogen-bond acceptors (Lipinski definition) is 7. The van der Waals surface area contributed by atoms with E-state index in [2.05, 4.69) is 14.9 Å². The van der Waals surface area contributed by atoms with Gasteiger partial charge in [-0.3, -0.25) is 0 Å². The summed E-state index contributed by atoms with van der Waals surface area (Å²) in [5.41, 5.74) is 0.171. The molecule has 0 saturated heterocycles. The molecule has 0 radical (unpaired) electrons. The Labute approximate surface area is 106 Å². The van der Waals surface area contributed by atoms with E-state index in [4.69, 9.17) is 9.47 Å². The normalized spacial score (nSPS) is 10.5. The highest BCUT2D eigenvalue weighted by molar-refractivity contribution is 5.86. The summed E-state index contributed by atoms with van der Waals surface area (Å²) in [7, 11) is 6.25. The van der Waals surface area contributed by atoms with Crippen molar-refractivity contribution in [3.63, 3.8) is 0 Å². The maximum atomic E-state index is 11.2. The highest BCUT2D eigenvalue weighted by Gasteiger charge is 2.13. The smallest absolute Gasteiger partial charge is 0.358 e. The van der Waals surface area contributed by atoms with Gasteiger partial charge in [0.25, 0.3) is 0 Å². The summed E-state index contributed by atoms with van der Waals surface area (Å²) in [4.78, 5) is 13.0. The molecule has 18 heavy (non-hydrogen) atoms. The predicted octanol–water partition coefficient (Wildman–Crippen LogP) is 0.318. The van der Waals surface area contributed by atoms with Gasteiger partial charge in [0.2, 0.25) is 0 Å². The molecule has 0 aliphatic heterocycles. The van der Waals surface area contributed by atoms with Crippen LogP contribution in [0.4, 0.5) is 5.82 Å². The van der Waals surface area contributed by atoms with E-state index in [1.807, 2.05) is 11.9 Å². The van der Waals surface area contributed by atoms with Crippen LogP contribution in [0.1, 0.15) is 10.5 Å². The lowest BCUT2D eigenvalue weighted by atomic mass is 10.3. The number of esters is 1. The van der Waals surface area contributed by atoms with Crippen molar-refractivity contribution >= 4 is 11.8 Å². The van der Waals surface area contributed by atoms with Crippen molar-refractivity contribution in [3.8, 4) is 0 Å². The van der Waals surface area contributed by atoms with E-state index in [0.717, 1.165) is 0 Å². The fourth-order valence-electron chi connectivity index (χ4n) is 1.30. The van der Waals surface area contributed by atoms with E-state index in [9.17, 15) is 4.79 Å². The largest absolute Gasteiger partial charge is 0.464 e. The molecule has 100 valence electrons. The minimum Gasteiger partial charge on any atom is -0.464 e. The van der Waals surface area contributed by atoms with Gasteiger partial charge in [-0.15, -0.1) is 10.2 Å². The van der Waals surface area contributed by atoms with Gasteiger partial charge in [0.05, 0.1) is 13.7 Å². The third-order valence-electron chi connectivity index (χ3n) is 2.38. The van der Waals surface area contributed by atoms with E-state index in [0.29, 0.717) is 12.4 Å². The van der Waals surface area contributed by atoms with Crippen molar-refractivity contribution < 1.29 is 19.0 Å². The van der Waals surface area contributed by atoms with Crippen LogP contribution < -0.4 is 4.90 Å². The van der Waals surface area contributed by atoms with Crippen molar-refractivity contribution in [1.29, 1.82) is 0 Å². The molecule has 1 heterocycles. The van der Waals surface area contributed by atoms with Gasteiger partial charge in [-0.2, -0.15) is 0 Å². The van der Waals surface area contributed by atoms with Crippen LogP contribution in [-0.4, -0.2) is 57.4 Å². The molecule has 7 nitrogen and oxygen atoms in total. The topological polar surface area (TPSA) is 73.8 Å². The number of anilines is 1. The van der Waals surface area contributed by atoms with Gasteiger partial charge in [-0.1, -0.05) is 0 Å². The first-order valence-corrected chi connectivity index (χ1v) is 5.31. The molecule has 0 N–H and O–H groups in total. The SMILES string of the molecule is COC(=O)c1ccc(N(C)CC(OC)OC)nn1. The quantitative estimate of drug-likeness (QED) is 0.535. The summed E-state index contributed by atoms with van der Waals surface area (Å²) >= 11 is 0. The van der Waals surface area contributed by atoms with Gasteiger partial charge in [0.1, 0.15) is 0 Å². The molecule has 0 bridgehead atoms. The van der Waals surface area contributed by atoms with Crippen molar-refractivity contribution in [2.24, 2.45) is 0 Å². The van der Waals surface area contributed by atoms with Crippen LogP contribution in [0.5, 0.6) is 0 Å². The van der Waals surface area contributed by atoms with Gasteiger partial charge < -0.3 is 19.1 Å². The van der Waals surface area contributed by atoms with Gasteiger partial charge in [-0.25, -0.2) is 4.79 Å². The van der Waals surface area contributed by atoms with Crippen LogP contribution in [0.15, 0.2) is 12.1 Å². The lowest BCUT2D eigenvalue weighted by molar-refractivity contribution is -0.0945. The maximum absolute atomic E-state index is 11.2.